The molecular weight excluding hydrogens is 348 g/mol. The van der Waals surface area contributed by atoms with Gasteiger partial charge in [-0.2, -0.15) is 0 Å². The van der Waals surface area contributed by atoms with Gasteiger partial charge >= 0.3 is 5.97 Å². The topological polar surface area (TPSA) is 97.6 Å². The van der Waals surface area contributed by atoms with Crippen LogP contribution in [0.25, 0.3) is 11.0 Å². The Morgan fingerprint density at radius 1 is 1.19 bits per heavy atom. The molecule has 0 spiro atoms. The summed E-state index contributed by atoms with van der Waals surface area (Å²) in [4.78, 5) is 35.6. The molecule has 2 rings (SSSR count). The lowest BCUT2D eigenvalue weighted by Gasteiger charge is -2.13. The van der Waals surface area contributed by atoms with Crippen LogP contribution in [0.2, 0.25) is 0 Å². The Labute approximate surface area is 158 Å². The van der Waals surface area contributed by atoms with Gasteiger partial charge in [-0.1, -0.05) is 6.92 Å². The van der Waals surface area contributed by atoms with E-state index in [9.17, 15) is 14.4 Å². The zero-order valence-electron chi connectivity index (χ0n) is 16.2. The van der Waals surface area contributed by atoms with Crippen LogP contribution in [0.3, 0.4) is 0 Å². The van der Waals surface area contributed by atoms with Gasteiger partial charge in [0.05, 0.1) is 12.7 Å². The van der Waals surface area contributed by atoms with Gasteiger partial charge in [0.2, 0.25) is 5.91 Å². The summed E-state index contributed by atoms with van der Waals surface area (Å²) in [6.45, 7) is 7.62. The molecule has 0 saturated carbocycles. The van der Waals surface area contributed by atoms with E-state index >= 15 is 0 Å². The fourth-order valence-electron chi connectivity index (χ4n) is 2.58. The predicted molar refractivity (Wildman–Crippen MR) is 101 cm³/mol. The summed E-state index contributed by atoms with van der Waals surface area (Å²) < 4.78 is 10.5. The third-order valence-electron chi connectivity index (χ3n) is 4.29. The monoisotopic (exact) mass is 374 g/mol. The van der Waals surface area contributed by atoms with Gasteiger partial charge < -0.3 is 19.8 Å². The first-order chi connectivity index (χ1) is 12.8. The van der Waals surface area contributed by atoms with Gasteiger partial charge in [-0.05, 0) is 50.5 Å². The van der Waals surface area contributed by atoms with Crippen LogP contribution < -0.4 is 10.6 Å². The number of aryl methyl sites for hydroxylation is 2. The van der Waals surface area contributed by atoms with E-state index in [1.807, 2.05) is 32.9 Å². The second-order valence-corrected chi connectivity index (χ2v) is 6.61. The molecule has 2 N–H and O–H groups in total. The van der Waals surface area contributed by atoms with Crippen LogP contribution >= 0.6 is 0 Å². The Kier molecular flexibility index (Phi) is 6.98. The minimum atomic E-state index is -0.688. The van der Waals surface area contributed by atoms with Crippen molar-refractivity contribution in [3.63, 3.8) is 0 Å². The van der Waals surface area contributed by atoms with Gasteiger partial charge in [-0.25, -0.2) is 0 Å². The fraction of sp³-hybridized carbons (Fsp3) is 0.450. The van der Waals surface area contributed by atoms with Crippen LogP contribution in [0.1, 0.15) is 37.0 Å². The number of rotatable bonds is 8. The molecule has 7 nitrogen and oxygen atoms in total. The Balaban J connectivity index is 1.85. The van der Waals surface area contributed by atoms with Gasteiger partial charge in [-0.3, -0.25) is 14.4 Å². The van der Waals surface area contributed by atoms with Gasteiger partial charge in [0.25, 0.3) is 5.91 Å². The van der Waals surface area contributed by atoms with Crippen molar-refractivity contribution in [3.8, 4) is 0 Å². The van der Waals surface area contributed by atoms with E-state index in [-0.39, 0.29) is 12.3 Å². The molecule has 1 heterocycles. The summed E-state index contributed by atoms with van der Waals surface area (Å²) in [7, 11) is 0. The van der Waals surface area contributed by atoms with E-state index in [2.05, 4.69) is 10.6 Å². The van der Waals surface area contributed by atoms with Gasteiger partial charge in [0, 0.05) is 17.5 Å². The molecule has 2 aromatic rings. The Bertz CT molecular complexity index is 840. The summed E-state index contributed by atoms with van der Waals surface area (Å²) >= 11 is 0. The molecule has 27 heavy (non-hydrogen) atoms. The summed E-state index contributed by atoms with van der Waals surface area (Å²) in [6, 6.07) is 3.21. The van der Waals surface area contributed by atoms with Crippen molar-refractivity contribution in [1.82, 2.24) is 10.6 Å². The van der Waals surface area contributed by atoms with Crippen molar-refractivity contribution < 1.29 is 23.5 Å². The third-order valence-corrected chi connectivity index (χ3v) is 4.29. The smallest absolute Gasteiger partial charge is 0.310 e. The number of furan rings is 1. The molecule has 0 bridgehead atoms. The largest absolute Gasteiger partial charge is 0.464 e. The van der Waals surface area contributed by atoms with Crippen LogP contribution in [0, 0.1) is 13.8 Å². The minimum Gasteiger partial charge on any atom is -0.464 e. The zero-order valence-corrected chi connectivity index (χ0v) is 16.2. The molecule has 0 saturated heterocycles. The molecule has 0 radical (unpaired) electrons. The molecule has 1 atom stereocenters. The maximum absolute atomic E-state index is 12.0. The maximum atomic E-state index is 12.0. The predicted octanol–water partition coefficient (Wildman–Crippen LogP) is 2.17. The van der Waals surface area contributed by atoms with Crippen molar-refractivity contribution in [3.05, 3.63) is 35.1 Å². The minimum absolute atomic E-state index is 0.00925. The second kappa shape index (κ2) is 9.21. The fourth-order valence-corrected chi connectivity index (χ4v) is 2.58. The Morgan fingerprint density at radius 2 is 1.89 bits per heavy atom. The quantitative estimate of drug-likeness (QED) is 0.690. The number of amides is 2. The normalized spacial score (nSPS) is 11.9. The molecule has 0 unspecified atom stereocenters. The van der Waals surface area contributed by atoms with E-state index in [0.29, 0.717) is 17.7 Å². The highest BCUT2D eigenvalue weighted by Gasteiger charge is 2.17. The van der Waals surface area contributed by atoms with Crippen LogP contribution in [0.5, 0.6) is 0 Å². The molecule has 0 aliphatic rings. The van der Waals surface area contributed by atoms with E-state index in [1.54, 1.807) is 6.92 Å². The lowest BCUT2D eigenvalue weighted by Crippen LogP contribution is -2.46. The SMILES string of the molecule is CCCNC(=O)[C@@H](C)NC(=O)COC(=O)Cc1coc2cc(C)c(C)cc12. The molecule has 0 aliphatic heterocycles. The van der Waals surface area contributed by atoms with Crippen LogP contribution in [-0.2, 0) is 25.5 Å². The number of fused-ring (bicyclic) bond motifs is 1. The summed E-state index contributed by atoms with van der Waals surface area (Å²) in [5, 5.41) is 6.05. The van der Waals surface area contributed by atoms with Gasteiger partial charge in [0.1, 0.15) is 11.6 Å². The van der Waals surface area contributed by atoms with Crippen LogP contribution in [0.4, 0.5) is 0 Å². The van der Waals surface area contributed by atoms with E-state index < -0.39 is 24.5 Å². The number of esters is 1. The average molecular weight is 374 g/mol. The number of ether oxygens (including phenoxy) is 1. The highest BCUT2D eigenvalue weighted by Crippen LogP contribution is 2.25. The standard InChI is InChI=1S/C20H26N2O5/c1-5-6-21-20(25)14(4)22-18(23)11-27-19(24)9-15-10-26-17-8-13(3)12(2)7-16(15)17/h7-8,10,14H,5-6,9,11H2,1-4H3,(H,21,25)(H,22,23)/t14-/m1/s1. The molecular formula is C20H26N2O5. The number of carbonyl (C=O) groups is 3. The van der Waals surface area contributed by atoms with Gasteiger partial charge in [-0.15, -0.1) is 0 Å². The number of nitrogens with one attached hydrogen (secondary N) is 2. The van der Waals surface area contributed by atoms with Gasteiger partial charge in [0.15, 0.2) is 6.61 Å². The second-order valence-electron chi connectivity index (χ2n) is 6.61. The highest BCUT2D eigenvalue weighted by molar-refractivity contribution is 5.89. The molecule has 1 aromatic carbocycles. The lowest BCUT2D eigenvalue weighted by molar-refractivity contribution is -0.148. The molecule has 0 aliphatic carbocycles. The van der Waals surface area contributed by atoms with E-state index in [0.717, 1.165) is 22.9 Å². The van der Waals surface area contributed by atoms with Crippen molar-refractivity contribution in [2.45, 2.75) is 46.6 Å². The maximum Gasteiger partial charge on any atom is 0.310 e. The molecule has 1 aromatic heterocycles. The van der Waals surface area contributed by atoms with Crippen LogP contribution in [-0.4, -0.2) is 37.0 Å². The third kappa shape index (κ3) is 5.57. The first kappa shape index (κ1) is 20.5. The van der Waals surface area contributed by atoms with Crippen molar-refractivity contribution in [2.75, 3.05) is 13.2 Å². The first-order valence-electron chi connectivity index (χ1n) is 9.01. The summed E-state index contributed by atoms with van der Waals surface area (Å²) in [5.41, 5.74) is 3.64. The summed E-state index contributed by atoms with van der Waals surface area (Å²) in [6.07, 6.45) is 2.35. The number of hydrogen-bond donors (Lipinski definition) is 2. The first-order valence-corrected chi connectivity index (χ1v) is 9.01. The van der Waals surface area contributed by atoms with Crippen molar-refractivity contribution >= 4 is 28.8 Å². The van der Waals surface area contributed by atoms with Crippen molar-refractivity contribution in [1.29, 1.82) is 0 Å². The van der Waals surface area contributed by atoms with Crippen LogP contribution in [0.15, 0.2) is 22.8 Å². The molecule has 146 valence electrons. The molecule has 7 heteroatoms. The summed E-state index contributed by atoms with van der Waals surface area (Å²) in [5.74, 6) is -1.33. The number of hydrogen-bond acceptors (Lipinski definition) is 5. The van der Waals surface area contributed by atoms with E-state index in [1.165, 1.54) is 6.26 Å². The van der Waals surface area contributed by atoms with Crippen molar-refractivity contribution in [2.24, 2.45) is 0 Å². The average Bonchev–Trinajstić information content (AvgIpc) is 2.99. The molecule has 0 fully saturated rings. The molecule has 2 amide bonds. The lowest BCUT2D eigenvalue weighted by atomic mass is 10.0. The number of benzene rings is 1. The van der Waals surface area contributed by atoms with E-state index in [4.69, 9.17) is 9.15 Å². The Hall–Kier alpha value is -2.83. The number of carbonyl (C=O) groups excluding carboxylic acids is 3. The highest BCUT2D eigenvalue weighted by atomic mass is 16.5. The zero-order chi connectivity index (χ0) is 20.0. The Morgan fingerprint density at radius 3 is 2.59 bits per heavy atom.